The Morgan fingerprint density at radius 3 is 1.26 bits per heavy atom. The number of halogens is 4. The lowest BCUT2D eigenvalue weighted by Crippen LogP contribution is -2.26. The monoisotopic (exact) mass is 544 g/mol. The molecule has 0 unspecified atom stereocenters. The number of rotatable bonds is 4. The zero-order valence-electron chi connectivity index (χ0n) is 17.5. The molecule has 0 saturated carbocycles. The SMILES string of the molecule is NC(=O)c1cc(Cl)c(NC2=NCCN2)c(Cl)c1.NC(=O)c1cc(Cl)c(NC2=NCCN2)c(Cl)c1. The van der Waals surface area contributed by atoms with Crippen LogP contribution < -0.4 is 32.7 Å². The number of nitrogens with two attached hydrogens (primary N) is 2. The van der Waals surface area contributed by atoms with E-state index in [1.165, 1.54) is 24.3 Å². The molecule has 0 radical (unpaired) electrons. The fraction of sp³-hybridized carbons (Fsp3) is 0.200. The van der Waals surface area contributed by atoms with Crippen LogP contribution in [0.1, 0.15) is 20.7 Å². The van der Waals surface area contributed by atoms with Crippen LogP contribution in [0, 0.1) is 0 Å². The molecule has 8 N–H and O–H groups in total. The Morgan fingerprint density at radius 1 is 0.706 bits per heavy atom. The van der Waals surface area contributed by atoms with E-state index in [1.54, 1.807) is 0 Å². The molecule has 2 aromatic rings. The number of amides is 2. The maximum Gasteiger partial charge on any atom is 0.248 e. The van der Waals surface area contributed by atoms with E-state index in [2.05, 4.69) is 31.3 Å². The average Bonchev–Trinajstić information content (AvgIpc) is 3.47. The number of hydrogen-bond donors (Lipinski definition) is 6. The molecule has 2 aliphatic rings. The van der Waals surface area contributed by atoms with Crippen molar-refractivity contribution in [1.29, 1.82) is 0 Å². The van der Waals surface area contributed by atoms with Crippen LogP contribution in [0.3, 0.4) is 0 Å². The normalized spacial score (nSPS) is 14.1. The molecule has 0 fully saturated rings. The average molecular weight is 546 g/mol. The number of benzene rings is 2. The van der Waals surface area contributed by atoms with Crippen molar-refractivity contribution in [3.05, 3.63) is 55.5 Å². The highest BCUT2D eigenvalue weighted by molar-refractivity contribution is 6.41. The second kappa shape index (κ2) is 11.5. The summed E-state index contributed by atoms with van der Waals surface area (Å²) in [6, 6.07) is 5.86. The number of carbonyl (C=O) groups excluding carboxylic acids is 2. The quantitative estimate of drug-likeness (QED) is 0.346. The molecule has 10 nitrogen and oxygen atoms in total. The molecule has 2 heterocycles. The molecule has 0 aromatic heterocycles. The molecule has 2 amide bonds. The number of guanidine groups is 2. The van der Waals surface area contributed by atoms with Gasteiger partial charge in [-0.15, -0.1) is 0 Å². The van der Waals surface area contributed by atoms with Gasteiger partial charge in [0.05, 0.1) is 44.6 Å². The minimum absolute atomic E-state index is 0.270. The van der Waals surface area contributed by atoms with Gasteiger partial charge in [0.2, 0.25) is 11.8 Å². The number of aliphatic imine (C=N–C) groups is 2. The Kier molecular flexibility index (Phi) is 8.67. The molecule has 180 valence electrons. The number of nitrogens with one attached hydrogen (secondary N) is 4. The summed E-state index contributed by atoms with van der Waals surface area (Å²) in [6.07, 6.45) is 0. The van der Waals surface area contributed by atoms with Crippen LogP contribution >= 0.6 is 46.4 Å². The standard InChI is InChI=1S/2C10H10Cl2N4O/c2*11-6-3-5(9(13)17)4-7(12)8(6)16-10-14-1-2-15-10/h2*3-4H,1-2H2,(H2,13,17)(H2,14,15,16). The third kappa shape index (κ3) is 6.57. The minimum Gasteiger partial charge on any atom is -0.366 e. The van der Waals surface area contributed by atoms with Crippen molar-refractivity contribution in [3.63, 3.8) is 0 Å². The van der Waals surface area contributed by atoms with Gasteiger partial charge in [-0.1, -0.05) is 46.4 Å². The van der Waals surface area contributed by atoms with E-state index in [4.69, 9.17) is 57.9 Å². The predicted molar refractivity (Wildman–Crippen MR) is 138 cm³/mol. The Labute approximate surface area is 215 Å². The molecular weight excluding hydrogens is 526 g/mol. The van der Waals surface area contributed by atoms with Crippen LogP contribution in [0.15, 0.2) is 34.3 Å². The molecule has 14 heteroatoms. The molecule has 0 saturated heterocycles. The molecule has 34 heavy (non-hydrogen) atoms. The van der Waals surface area contributed by atoms with Gasteiger partial charge in [-0.3, -0.25) is 19.6 Å². The fourth-order valence-corrected chi connectivity index (χ4v) is 4.03. The van der Waals surface area contributed by atoms with Crippen LogP contribution in [0.2, 0.25) is 20.1 Å². The highest BCUT2D eigenvalue weighted by Gasteiger charge is 2.15. The molecule has 2 aliphatic heterocycles. The number of anilines is 2. The maximum atomic E-state index is 11.0. The summed E-state index contributed by atoms with van der Waals surface area (Å²) >= 11 is 24.1. The van der Waals surface area contributed by atoms with Crippen LogP contribution in [0.4, 0.5) is 11.4 Å². The molecule has 0 bridgehead atoms. The summed E-state index contributed by atoms with van der Waals surface area (Å²) < 4.78 is 0. The molecule has 0 spiro atoms. The Balaban J connectivity index is 0.000000191. The lowest BCUT2D eigenvalue weighted by molar-refractivity contribution is 0.0992. The van der Waals surface area contributed by atoms with Crippen LogP contribution in [0.25, 0.3) is 0 Å². The van der Waals surface area contributed by atoms with Crippen molar-refractivity contribution in [2.24, 2.45) is 21.5 Å². The molecule has 0 aliphatic carbocycles. The van der Waals surface area contributed by atoms with Crippen molar-refractivity contribution >= 4 is 81.5 Å². The van der Waals surface area contributed by atoms with E-state index in [-0.39, 0.29) is 11.1 Å². The first-order valence-electron chi connectivity index (χ1n) is 9.84. The Bertz CT molecular complexity index is 1050. The summed E-state index contributed by atoms with van der Waals surface area (Å²) in [5.41, 5.74) is 11.9. The van der Waals surface area contributed by atoms with Crippen molar-refractivity contribution in [2.75, 3.05) is 36.8 Å². The van der Waals surface area contributed by atoms with Gasteiger partial charge in [0, 0.05) is 24.2 Å². The van der Waals surface area contributed by atoms with Gasteiger partial charge in [0.15, 0.2) is 11.9 Å². The van der Waals surface area contributed by atoms with Gasteiger partial charge in [-0.25, -0.2) is 0 Å². The lowest BCUT2D eigenvalue weighted by Gasteiger charge is -2.11. The van der Waals surface area contributed by atoms with Gasteiger partial charge >= 0.3 is 0 Å². The highest BCUT2D eigenvalue weighted by Crippen LogP contribution is 2.32. The van der Waals surface area contributed by atoms with E-state index >= 15 is 0 Å². The summed E-state index contributed by atoms with van der Waals surface area (Å²) in [5.74, 6) is 0.0783. The van der Waals surface area contributed by atoms with Crippen molar-refractivity contribution in [1.82, 2.24) is 10.6 Å². The van der Waals surface area contributed by atoms with Gasteiger partial charge in [0.1, 0.15) is 0 Å². The van der Waals surface area contributed by atoms with E-state index in [0.717, 1.165) is 13.1 Å². The van der Waals surface area contributed by atoms with E-state index in [9.17, 15) is 9.59 Å². The predicted octanol–water partition coefficient (Wildman–Crippen LogP) is 2.93. The summed E-state index contributed by atoms with van der Waals surface area (Å²) in [7, 11) is 0. The van der Waals surface area contributed by atoms with Crippen molar-refractivity contribution in [2.45, 2.75) is 0 Å². The molecule has 0 atom stereocenters. The van der Waals surface area contributed by atoms with Gasteiger partial charge in [0.25, 0.3) is 0 Å². The Hall–Kier alpha value is -2.92. The second-order valence-electron chi connectivity index (χ2n) is 6.92. The highest BCUT2D eigenvalue weighted by atomic mass is 35.5. The first-order chi connectivity index (χ1) is 16.2. The summed E-state index contributed by atoms with van der Waals surface area (Å²) in [6.45, 7) is 2.96. The third-order valence-corrected chi connectivity index (χ3v) is 5.68. The lowest BCUT2D eigenvalue weighted by atomic mass is 10.2. The summed E-state index contributed by atoms with van der Waals surface area (Å²) in [4.78, 5) is 30.3. The topological polar surface area (TPSA) is 159 Å². The number of primary amides is 2. The summed E-state index contributed by atoms with van der Waals surface area (Å²) in [5, 5.41) is 13.3. The van der Waals surface area contributed by atoms with E-state index in [1.807, 2.05) is 0 Å². The van der Waals surface area contributed by atoms with Crippen LogP contribution in [-0.2, 0) is 0 Å². The molecule has 4 rings (SSSR count). The second-order valence-corrected chi connectivity index (χ2v) is 8.55. The van der Waals surface area contributed by atoms with Crippen molar-refractivity contribution in [3.8, 4) is 0 Å². The first kappa shape index (κ1) is 25.7. The number of hydrogen-bond acceptors (Lipinski definition) is 8. The Morgan fingerprint density at radius 2 is 1.03 bits per heavy atom. The minimum atomic E-state index is -0.573. The zero-order chi connectivity index (χ0) is 24.8. The zero-order valence-corrected chi connectivity index (χ0v) is 20.5. The van der Waals surface area contributed by atoms with Gasteiger partial charge in [-0.05, 0) is 24.3 Å². The fourth-order valence-electron chi connectivity index (χ4n) is 2.87. The van der Waals surface area contributed by atoms with Crippen LogP contribution in [0.5, 0.6) is 0 Å². The van der Waals surface area contributed by atoms with Crippen LogP contribution in [-0.4, -0.2) is 49.9 Å². The number of carbonyl (C=O) groups is 2. The van der Waals surface area contributed by atoms with Crippen molar-refractivity contribution < 1.29 is 9.59 Å². The first-order valence-corrected chi connectivity index (χ1v) is 11.3. The maximum absolute atomic E-state index is 11.0. The largest absolute Gasteiger partial charge is 0.366 e. The van der Waals surface area contributed by atoms with Gasteiger partial charge < -0.3 is 32.7 Å². The number of nitrogens with zero attached hydrogens (tertiary/aromatic N) is 2. The van der Waals surface area contributed by atoms with Gasteiger partial charge in [-0.2, -0.15) is 0 Å². The van der Waals surface area contributed by atoms with E-state index < -0.39 is 11.8 Å². The molecular formula is C20H20Cl4N8O2. The van der Waals surface area contributed by atoms with E-state index in [0.29, 0.717) is 56.5 Å². The third-order valence-electron chi connectivity index (χ3n) is 4.49. The smallest absolute Gasteiger partial charge is 0.248 e. The molecule has 2 aromatic carbocycles.